The molecule has 132 valence electrons. The van der Waals surface area contributed by atoms with Crippen molar-refractivity contribution in [2.24, 2.45) is 5.14 Å². The van der Waals surface area contributed by atoms with Crippen LogP contribution in [0.25, 0.3) is 11.4 Å². The summed E-state index contributed by atoms with van der Waals surface area (Å²) in [4.78, 5) is 20.1. The molecule has 26 heavy (non-hydrogen) atoms. The summed E-state index contributed by atoms with van der Waals surface area (Å²) >= 11 is 0. The number of sulfonamides is 1. The molecule has 1 heterocycles. The highest BCUT2D eigenvalue weighted by atomic mass is 32.2. The quantitative estimate of drug-likeness (QED) is 0.727. The van der Waals surface area contributed by atoms with Crippen LogP contribution in [-0.2, 0) is 10.0 Å². The Morgan fingerprint density at radius 1 is 0.962 bits per heavy atom. The lowest BCUT2D eigenvalue weighted by Gasteiger charge is -2.07. The van der Waals surface area contributed by atoms with E-state index in [4.69, 9.17) is 9.88 Å². The number of primary sulfonamides is 1. The summed E-state index contributed by atoms with van der Waals surface area (Å²) in [5, 5.41) is 7.47. The molecule has 0 fully saturated rings. The van der Waals surface area contributed by atoms with Crippen LogP contribution in [0.1, 0.15) is 0 Å². The van der Waals surface area contributed by atoms with Crippen LogP contribution in [0.5, 0.6) is 5.75 Å². The lowest BCUT2D eigenvalue weighted by atomic mass is 10.2. The third kappa shape index (κ3) is 4.41. The van der Waals surface area contributed by atoms with Crippen LogP contribution in [0.15, 0.2) is 71.9 Å². The molecular formula is C17H14N4O4S. The van der Waals surface area contributed by atoms with Gasteiger partial charge in [-0.2, -0.15) is 0 Å². The first-order valence-electron chi connectivity index (χ1n) is 7.41. The van der Waals surface area contributed by atoms with Crippen LogP contribution >= 0.6 is 0 Å². The van der Waals surface area contributed by atoms with Crippen LogP contribution in [0.4, 0.5) is 10.5 Å². The van der Waals surface area contributed by atoms with E-state index in [2.05, 4.69) is 15.3 Å². The van der Waals surface area contributed by atoms with Crippen LogP contribution in [0, 0.1) is 0 Å². The zero-order valence-electron chi connectivity index (χ0n) is 13.4. The summed E-state index contributed by atoms with van der Waals surface area (Å²) in [6, 6.07) is 14.7. The number of anilines is 1. The van der Waals surface area contributed by atoms with E-state index in [9.17, 15) is 13.2 Å². The van der Waals surface area contributed by atoms with Crippen LogP contribution < -0.4 is 15.2 Å². The van der Waals surface area contributed by atoms with Crippen LogP contribution in [0.3, 0.4) is 0 Å². The number of amides is 1. The molecule has 0 saturated carbocycles. The third-order valence-electron chi connectivity index (χ3n) is 3.30. The van der Waals surface area contributed by atoms with E-state index in [1.165, 1.54) is 36.7 Å². The number of nitrogens with two attached hydrogens (primary N) is 1. The maximum Gasteiger partial charge on any atom is 0.417 e. The van der Waals surface area contributed by atoms with Gasteiger partial charge in [0.2, 0.25) is 10.0 Å². The van der Waals surface area contributed by atoms with Crippen LogP contribution in [0.2, 0.25) is 0 Å². The summed E-state index contributed by atoms with van der Waals surface area (Å²) < 4.78 is 27.5. The molecule has 2 aromatic carbocycles. The standard InChI is InChI=1S/C17H14N4O4S/c18-26(23,24)15-8-6-13(7-9-15)21-17(22)25-14-10-19-16(20-11-14)12-4-2-1-3-5-12/h1-11H,(H,21,22)(H2,18,23,24). The molecule has 0 spiro atoms. The highest BCUT2D eigenvalue weighted by Crippen LogP contribution is 2.17. The van der Waals surface area contributed by atoms with E-state index in [0.29, 0.717) is 11.5 Å². The monoisotopic (exact) mass is 370 g/mol. The normalized spacial score (nSPS) is 11.0. The number of aromatic nitrogens is 2. The Kier molecular flexibility index (Phi) is 4.92. The van der Waals surface area contributed by atoms with Crippen molar-refractivity contribution < 1.29 is 17.9 Å². The molecule has 0 bridgehead atoms. The largest absolute Gasteiger partial charge is 0.417 e. The number of nitrogens with one attached hydrogen (secondary N) is 1. The van der Waals surface area contributed by atoms with E-state index in [-0.39, 0.29) is 10.6 Å². The Labute approximate surface area is 149 Å². The number of carbonyl (C=O) groups excluding carboxylic acids is 1. The van der Waals surface area contributed by atoms with E-state index in [0.717, 1.165) is 5.56 Å². The van der Waals surface area contributed by atoms with Gasteiger partial charge < -0.3 is 4.74 Å². The summed E-state index contributed by atoms with van der Waals surface area (Å²) in [6.45, 7) is 0. The number of hydrogen-bond acceptors (Lipinski definition) is 6. The Morgan fingerprint density at radius 2 is 1.58 bits per heavy atom. The number of ether oxygens (including phenoxy) is 1. The van der Waals surface area contributed by atoms with Gasteiger partial charge in [0.25, 0.3) is 0 Å². The molecule has 0 unspecified atom stereocenters. The number of hydrogen-bond donors (Lipinski definition) is 2. The maximum absolute atomic E-state index is 11.9. The van der Waals surface area contributed by atoms with Crippen molar-refractivity contribution >= 4 is 21.8 Å². The molecule has 0 aliphatic carbocycles. The second-order valence-corrected chi connectivity index (χ2v) is 6.75. The van der Waals surface area contributed by atoms with Crippen molar-refractivity contribution in [3.63, 3.8) is 0 Å². The minimum Gasteiger partial charge on any atom is -0.407 e. The van der Waals surface area contributed by atoms with E-state index < -0.39 is 16.1 Å². The molecule has 8 nitrogen and oxygen atoms in total. The summed E-state index contributed by atoms with van der Waals surface area (Å²) in [7, 11) is -3.78. The van der Waals surface area contributed by atoms with Gasteiger partial charge in [0.05, 0.1) is 17.3 Å². The highest BCUT2D eigenvalue weighted by molar-refractivity contribution is 7.89. The molecule has 0 atom stereocenters. The molecule has 3 rings (SSSR count). The average molecular weight is 370 g/mol. The van der Waals surface area contributed by atoms with Gasteiger partial charge in [0.1, 0.15) is 0 Å². The van der Waals surface area contributed by atoms with Crippen molar-refractivity contribution in [2.45, 2.75) is 4.90 Å². The fourth-order valence-electron chi connectivity index (χ4n) is 2.08. The Hall–Kier alpha value is -3.30. The Bertz CT molecular complexity index is 1000. The molecule has 1 amide bonds. The zero-order valence-corrected chi connectivity index (χ0v) is 14.2. The van der Waals surface area contributed by atoms with E-state index in [1.54, 1.807) is 0 Å². The SMILES string of the molecule is NS(=O)(=O)c1ccc(NC(=O)Oc2cnc(-c3ccccc3)nc2)cc1. The van der Waals surface area contributed by atoms with E-state index in [1.807, 2.05) is 30.3 Å². The van der Waals surface area contributed by atoms with Crippen molar-refractivity contribution in [1.82, 2.24) is 9.97 Å². The van der Waals surface area contributed by atoms with Crippen molar-refractivity contribution in [1.29, 1.82) is 0 Å². The van der Waals surface area contributed by atoms with Gasteiger partial charge >= 0.3 is 6.09 Å². The first-order chi connectivity index (χ1) is 12.4. The van der Waals surface area contributed by atoms with Gasteiger partial charge in [-0.15, -0.1) is 0 Å². The smallest absolute Gasteiger partial charge is 0.407 e. The molecule has 3 aromatic rings. The summed E-state index contributed by atoms with van der Waals surface area (Å²) in [6.07, 6.45) is 2.02. The fraction of sp³-hybridized carbons (Fsp3) is 0. The molecular weight excluding hydrogens is 356 g/mol. The third-order valence-corrected chi connectivity index (χ3v) is 4.23. The highest BCUT2D eigenvalue weighted by Gasteiger charge is 2.10. The van der Waals surface area contributed by atoms with Gasteiger partial charge in [-0.1, -0.05) is 30.3 Å². The first-order valence-corrected chi connectivity index (χ1v) is 8.95. The van der Waals surface area contributed by atoms with Gasteiger partial charge in [-0.05, 0) is 24.3 Å². The average Bonchev–Trinajstić information content (AvgIpc) is 2.63. The molecule has 0 aliphatic rings. The zero-order chi connectivity index (χ0) is 18.6. The topological polar surface area (TPSA) is 124 Å². The summed E-state index contributed by atoms with van der Waals surface area (Å²) in [5.74, 6) is 0.681. The minimum absolute atomic E-state index is 0.0543. The van der Waals surface area contributed by atoms with Crippen molar-refractivity contribution in [3.05, 3.63) is 67.0 Å². The molecule has 0 saturated heterocycles. The Morgan fingerprint density at radius 3 is 2.15 bits per heavy atom. The maximum atomic E-state index is 11.9. The minimum atomic E-state index is -3.78. The molecule has 3 N–H and O–H groups in total. The van der Waals surface area contributed by atoms with Crippen molar-refractivity contribution in [3.8, 4) is 17.1 Å². The van der Waals surface area contributed by atoms with Gasteiger partial charge in [-0.25, -0.2) is 28.3 Å². The number of carbonyl (C=O) groups is 1. The number of benzene rings is 2. The molecule has 9 heteroatoms. The van der Waals surface area contributed by atoms with Crippen LogP contribution in [-0.4, -0.2) is 24.5 Å². The number of nitrogens with zero attached hydrogens (tertiary/aromatic N) is 2. The molecule has 1 aromatic heterocycles. The predicted molar refractivity (Wildman–Crippen MR) is 94.9 cm³/mol. The van der Waals surface area contributed by atoms with Crippen molar-refractivity contribution in [2.75, 3.05) is 5.32 Å². The van der Waals surface area contributed by atoms with Gasteiger partial charge in [-0.3, -0.25) is 5.32 Å². The van der Waals surface area contributed by atoms with Gasteiger partial charge in [0.15, 0.2) is 11.6 Å². The second kappa shape index (κ2) is 7.30. The van der Waals surface area contributed by atoms with Gasteiger partial charge in [0, 0.05) is 11.3 Å². The second-order valence-electron chi connectivity index (χ2n) is 5.19. The fourth-order valence-corrected chi connectivity index (χ4v) is 2.60. The summed E-state index contributed by atoms with van der Waals surface area (Å²) in [5.41, 5.74) is 1.20. The Balaban J connectivity index is 1.63. The number of rotatable bonds is 4. The van der Waals surface area contributed by atoms with E-state index >= 15 is 0 Å². The predicted octanol–water partition coefficient (Wildman–Crippen LogP) is 2.40. The lowest BCUT2D eigenvalue weighted by Crippen LogP contribution is -2.17. The first kappa shape index (κ1) is 17.5. The molecule has 0 radical (unpaired) electrons. The lowest BCUT2D eigenvalue weighted by molar-refractivity contribution is 0.215. The molecule has 0 aliphatic heterocycles.